The maximum atomic E-state index is 12.4. The maximum Gasteiger partial charge on any atom is 0.331 e. The summed E-state index contributed by atoms with van der Waals surface area (Å²) in [5.41, 5.74) is -0.693. The molecule has 0 saturated heterocycles. The number of nitriles is 1. The zero-order chi connectivity index (χ0) is 16.6. The number of aromatic nitrogens is 3. The smallest absolute Gasteiger partial charge is 0.300 e. The van der Waals surface area contributed by atoms with Gasteiger partial charge in [0, 0.05) is 17.6 Å². The second kappa shape index (κ2) is 5.81. The van der Waals surface area contributed by atoms with Crippen molar-refractivity contribution in [3.8, 4) is 6.07 Å². The monoisotopic (exact) mass is 331 g/mol. The second-order valence-electron chi connectivity index (χ2n) is 5.31. The molecule has 0 spiro atoms. The van der Waals surface area contributed by atoms with E-state index in [1.54, 1.807) is 18.4 Å². The summed E-state index contributed by atoms with van der Waals surface area (Å²) in [7, 11) is 0. The molecule has 3 rings (SSSR count). The van der Waals surface area contributed by atoms with Gasteiger partial charge in [-0.05, 0) is 19.8 Å². The highest BCUT2D eigenvalue weighted by Gasteiger charge is 2.27. The number of carbonyl (C=O) groups is 1. The van der Waals surface area contributed by atoms with Gasteiger partial charge in [-0.15, -0.1) is 11.3 Å². The molecule has 1 aliphatic rings. The highest BCUT2D eigenvalue weighted by molar-refractivity contribution is 7.13. The number of thiazole rings is 1. The molecule has 0 aliphatic heterocycles. The minimum absolute atomic E-state index is 0.00567. The van der Waals surface area contributed by atoms with E-state index in [0.717, 1.165) is 23.1 Å². The molecule has 23 heavy (non-hydrogen) atoms. The lowest BCUT2D eigenvalue weighted by molar-refractivity contribution is -0.116. The molecule has 9 heteroatoms. The average molecular weight is 331 g/mol. The summed E-state index contributed by atoms with van der Waals surface area (Å²) in [6, 6.07) is 1.78. The molecule has 8 nitrogen and oxygen atoms in total. The van der Waals surface area contributed by atoms with Gasteiger partial charge in [0.05, 0.1) is 5.69 Å². The molecule has 1 fully saturated rings. The van der Waals surface area contributed by atoms with Crippen LogP contribution in [0.3, 0.4) is 0 Å². The zero-order valence-corrected chi connectivity index (χ0v) is 13.1. The van der Waals surface area contributed by atoms with E-state index in [9.17, 15) is 14.4 Å². The lowest BCUT2D eigenvalue weighted by Gasteiger charge is -2.09. The van der Waals surface area contributed by atoms with Crippen molar-refractivity contribution >= 4 is 22.4 Å². The predicted octanol–water partition coefficient (Wildman–Crippen LogP) is 0.620. The van der Waals surface area contributed by atoms with Crippen LogP contribution in [-0.4, -0.2) is 20.0 Å². The van der Waals surface area contributed by atoms with E-state index in [2.05, 4.69) is 10.3 Å². The Morgan fingerprint density at radius 1 is 1.52 bits per heavy atom. The van der Waals surface area contributed by atoms with E-state index in [0.29, 0.717) is 5.13 Å². The van der Waals surface area contributed by atoms with Gasteiger partial charge >= 0.3 is 5.69 Å². The van der Waals surface area contributed by atoms with Crippen LogP contribution in [-0.2, 0) is 11.3 Å². The van der Waals surface area contributed by atoms with Crippen LogP contribution in [0.2, 0.25) is 0 Å². The fourth-order valence-corrected chi connectivity index (χ4v) is 2.87. The van der Waals surface area contributed by atoms with Crippen LogP contribution in [0.15, 0.2) is 21.2 Å². The molecule has 0 radical (unpaired) electrons. The second-order valence-corrected chi connectivity index (χ2v) is 6.17. The number of rotatable bonds is 4. The Morgan fingerprint density at radius 3 is 2.83 bits per heavy atom. The van der Waals surface area contributed by atoms with Gasteiger partial charge in [0.1, 0.15) is 18.2 Å². The molecule has 0 unspecified atom stereocenters. The molecule has 0 aromatic carbocycles. The maximum absolute atomic E-state index is 12.4. The lowest BCUT2D eigenvalue weighted by Crippen LogP contribution is -2.43. The van der Waals surface area contributed by atoms with Crippen molar-refractivity contribution < 1.29 is 4.79 Å². The summed E-state index contributed by atoms with van der Waals surface area (Å²) in [4.78, 5) is 40.6. The van der Waals surface area contributed by atoms with E-state index in [4.69, 9.17) is 5.26 Å². The van der Waals surface area contributed by atoms with E-state index in [-0.39, 0.29) is 11.6 Å². The Labute approximate surface area is 134 Å². The predicted molar refractivity (Wildman–Crippen MR) is 83.4 cm³/mol. The van der Waals surface area contributed by atoms with E-state index in [1.807, 2.05) is 0 Å². The quantitative estimate of drug-likeness (QED) is 0.883. The van der Waals surface area contributed by atoms with Crippen molar-refractivity contribution in [3.05, 3.63) is 43.7 Å². The Bertz CT molecular complexity index is 929. The molecule has 1 N–H and O–H groups in total. The van der Waals surface area contributed by atoms with Crippen LogP contribution in [0.25, 0.3) is 0 Å². The summed E-state index contributed by atoms with van der Waals surface area (Å²) < 4.78 is 2.16. The van der Waals surface area contributed by atoms with Gasteiger partial charge in [0.25, 0.3) is 5.56 Å². The summed E-state index contributed by atoms with van der Waals surface area (Å²) >= 11 is 1.26. The van der Waals surface area contributed by atoms with Crippen LogP contribution in [0, 0.1) is 18.3 Å². The highest BCUT2D eigenvalue weighted by Crippen LogP contribution is 2.33. The van der Waals surface area contributed by atoms with E-state index >= 15 is 0 Å². The van der Waals surface area contributed by atoms with Crippen molar-refractivity contribution in [2.75, 3.05) is 5.32 Å². The normalized spacial score (nSPS) is 13.6. The SMILES string of the molecule is Cc1csc(NC(=O)Cn2c(=O)c(C#N)cn(C3CC3)c2=O)n1. The van der Waals surface area contributed by atoms with Crippen LogP contribution in [0.4, 0.5) is 5.13 Å². The molecule has 2 aromatic rings. The first-order valence-electron chi connectivity index (χ1n) is 6.97. The largest absolute Gasteiger partial charge is 0.331 e. The average Bonchev–Trinajstić information content (AvgIpc) is 3.27. The number of hydrogen-bond donors (Lipinski definition) is 1. The standard InChI is InChI=1S/C14H13N5O3S/c1-8-7-23-13(16-8)17-11(20)6-19-12(21)9(4-15)5-18(14(19)22)10-2-3-10/h5,7,10H,2-3,6H2,1H3,(H,16,17,20). The Hall–Kier alpha value is -2.73. The third-order valence-corrected chi connectivity index (χ3v) is 4.30. The Morgan fingerprint density at radius 2 is 2.26 bits per heavy atom. The lowest BCUT2D eigenvalue weighted by atomic mass is 10.3. The molecule has 2 aromatic heterocycles. The number of nitrogens with one attached hydrogen (secondary N) is 1. The number of anilines is 1. The van der Waals surface area contributed by atoms with Gasteiger partial charge in [0.15, 0.2) is 5.13 Å². The molecule has 118 valence electrons. The third-order valence-electron chi connectivity index (χ3n) is 3.42. The minimum Gasteiger partial charge on any atom is -0.300 e. The van der Waals surface area contributed by atoms with Gasteiger partial charge in [-0.3, -0.25) is 14.2 Å². The first-order chi connectivity index (χ1) is 11.0. The van der Waals surface area contributed by atoms with Gasteiger partial charge < -0.3 is 5.32 Å². The number of hydrogen-bond acceptors (Lipinski definition) is 6. The highest BCUT2D eigenvalue weighted by atomic mass is 32.1. The van der Waals surface area contributed by atoms with Crippen molar-refractivity contribution in [2.24, 2.45) is 0 Å². The van der Waals surface area contributed by atoms with Crippen molar-refractivity contribution in [1.82, 2.24) is 14.1 Å². The number of aryl methyl sites for hydroxylation is 1. The molecule has 1 saturated carbocycles. The van der Waals surface area contributed by atoms with Crippen molar-refractivity contribution in [2.45, 2.75) is 32.4 Å². The van der Waals surface area contributed by atoms with E-state index < -0.39 is 23.7 Å². The zero-order valence-electron chi connectivity index (χ0n) is 12.3. The molecule has 0 bridgehead atoms. The van der Waals surface area contributed by atoms with Gasteiger partial charge in [-0.2, -0.15) is 5.26 Å². The van der Waals surface area contributed by atoms with E-state index in [1.165, 1.54) is 22.1 Å². The first-order valence-corrected chi connectivity index (χ1v) is 7.85. The molecule has 0 atom stereocenters. The van der Waals surface area contributed by atoms with Gasteiger partial charge in [-0.1, -0.05) is 0 Å². The molecular formula is C14H13N5O3S. The van der Waals surface area contributed by atoms with Crippen LogP contribution >= 0.6 is 11.3 Å². The molecular weight excluding hydrogens is 318 g/mol. The Kier molecular flexibility index (Phi) is 3.83. The number of nitrogens with zero attached hydrogens (tertiary/aromatic N) is 4. The first kappa shape index (κ1) is 15.2. The van der Waals surface area contributed by atoms with Gasteiger partial charge in [0.2, 0.25) is 5.91 Å². The van der Waals surface area contributed by atoms with Crippen molar-refractivity contribution in [3.63, 3.8) is 0 Å². The molecule has 2 heterocycles. The summed E-state index contributed by atoms with van der Waals surface area (Å²) in [5, 5.41) is 13.8. The topological polar surface area (TPSA) is 110 Å². The van der Waals surface area contributed by atoms with Crippen LogP contribution in [0.1, 0.15) is 30.1 Å². The Balaban J connectivity index is 1.91. The van der Waals surface area contributed by atoms with Crippen molar-refractivity contribution in [1.29, 1.82) is 5.26 Å². The third kappa shape index (κ3) is 3.07. The molecule has 1 aliphatic carbocycles. The summed E-state index contributed by atoms with van der Waals surface area (Å²) in [6.07, 6.45) is 2.93. The van der Waals surface area contributed by atoms with Gasteiger partial charge in [-0.25, -0.2) is 14.3 Å². The molecule has 1 amide bonds. The fourth-order valence-electron chi connectivity index (χ4n) is 2.17. The summed E-state index contributed by atoms with van der Waals surface area (Å²) in [5.74, 6) is -0.531. The number of carbonyl (C=O) groups excluding carboxylic acids is 1. The number of amides is 1. The fraction of sp³-hybridized carbons (Fsp3) is 0.357. The van der Waals surface area contributed by atoms with Crippen LogP contribution < -0.4 is 16.6 Å². The van der Waals surface area contributed by atoms with Crippen LogP contribution in [0.5, 0.6) is 0 Å². The summed E-state index contributed by atoms with van der Waals surface area (Å²) in [6.45, 7) is 1.35. The minimum atomic E-state index is -0.750.